The van der Waals surface area contributed by atoms with Gasteiger partial charge in [0.25, 0.3) is 0 Å². The molecule has 0 spiro atoms. The van der Waals surface area contributed by atoms with Crippen molar-refractivity contribution >= 4 is 5.69 Å². The predicted octanol–water partition coefficient (Wildman–Crippen LogP) is 3.93. The molecule has 1 fully saturated rings. The Bertz CT molecular complexity index is 810. The van der Waals surface area contributed by atoms with Gasteiger partial charge in [-0.25, -0.2) is 8.78 Å². The first-order chi connectivity index (χ1) is 13.0. The molecule has 27 heavy (non-hydrogen) atoms. The molecule has 8 heteroatoms. The van der Waals surface area contributed by atoms with Crippen LogP contribution in [0.5, 0.6) is 11.5 Å². The van der Waals surface area contributed by atoms with Gasteiger partial charge in [-0.15, -0.1) is 0 Å². The first-order valence-electron chi connectivity index (χ1n) is 8.73. The Labute approximate surface area is 155 Å². The standard InChI is InChI=1S/C19H20F2N2O4/c20-15-4-6-18(16(21)13-15)27-19-5-3-14(12-17(19)23(24)25)2-1-7-22-8-10-26-11-9-22/h3-6,12-13H,1-2,7-11H2. The Balaban J connectivity index is 1.67. The molecule has 144 valence electrons. The van der Waals surface area contributed by atoms with E-state index in [1.165, 1.54) is 12.1 Å². The number of hydrogen-bond donors (Lipinski definition) is 0. The molecule has 0 aliphatic carbocycles. The summed E-state index contributed by atoms with van der Waals surface area (Å²) >= 11 is 0. The van der Waals surface area contributed by atoms with Gasteiger partial charge in [0, 0.05) is 25.2 Å². The molecule has 6 nitrogen and oxygen atoms in total. The molecular formula is C19H20F2N2O4. The van der Waals surface area contributed by atoms with Crippen molar-refractivity contribution in [3.8, 4) is 11.5 Å². The molecule has 0 aromatic heterocycles. The number of ether oxygens (including phenoxy) is 2. The van der Waals surface area contributed by atoms with Crippen LogP contribution in [0, 0.1) is 21.7 Å². The number of nitro groups is 1. The average Bonchev–Trinajstić information content (AvgIpc) is 2.65. The number of hydrogen-bond acceptors (Lipinski definition) is 5. The third kappa shape index (κ3) is 5.21. The van der Waals surface area contributed by atoms with Crippen LogP contribution in [-0.2, 0) is 11.2 Å². The van der Waals surface area contributed by atoms with Gasteiger partial charge < -0.3 is 9.47 Å². The third-order valence-corrected chi connectivity index (χ3v) is 4.38. The molecule has 1 aliphatic rings. The number of nitrogens with zero attached hydrogens (tertiary/aromatic N) is 2. The molecule has 0 saturated carbocycles. The molecule has 2 aromatic rings. The molecule has 0 bridgehead atoms. The fourth-order valence-electron chi connectivity index (χ4n) is 2.96. The Morgan fingerprint density at radius 2 is 1.85 bits per heavy atom. The highest BCUT2D eigenvalue weighted by Gasteiger charge is 2.19. The van der Waals surface area contributed by atoms with E-state index in [9.17, 15) is 18.9 Å². The number of aryl methyl sites for hydroxylation is 1. The van der Waals surface area contributed by atoms with E-state index in [-0.39, 0.29) is 17.2 Å². The number of benzene rings is 2. The van der Waals surface area contributed by atoms with Crippen molar-refractivity contribution in [3.05, 3.63) is 63.7 Å². The molecule has 1 saturated heterocycles. The second-order valence-corrected chi connectivity index (χ2v) is 6.29. The summed E-state index contributed by atoms with van der Waals surface area (Å²) in [4.78, 5) is 13.1. The number of halogens is 2. The lowest BCUT2D eigenvalue weighted by molar-refractivity contribution is -0.385. The minimum Gasteiger partial charge on any atom is -0.447 e. The average molecular weight is 378 g/mol. The summed E-state index contributed by atoms with van der Waals surface area (Å²) in [5, 5.41) is 11.4. The van der Waals surface area contributed by atoms with Crippen molar-refractivity contribution in [2.75, 3.05) is 32.8 Å². The van der Waals surface area contributed by atoms with Crippen LogP contribution in [-0.4, -0.2) is 42.7 Å². The van der Waals surface area contributed by atoms with E-state index in [0.29, 0.717) is 12.5 Å². The molecule has 1 aliphatic heterocycles. The highest BCUT2D eigenvalue weighted by Crippen LogP contribution is 2.33. The van der Waals surface area contributed by atoms with Crippen molar-refractivity contribution in [2.45, 2.75) is 12.8 Å². The van der Waals surface area contributed by atoms with Gasteiger partial charge in [-0.1, -0.05) is 6.07 Å². The molecule has 3 rings (SSSR count). The zero-order chi connectivity index (χ0) is 19.2. The zero-order valence-corrected chi connectivity index (χ0v) is 14.7. The van der Waals surface area contributed by atoms with Crippen LogP contribution in [0.4, 0.5) is 14.5 Å². The molecule has 0 unspecified atom stereocenters. The van der Waals surface area contributed by atoms with Crippen LogP contribution < -0.4 is 4.74 Å². The largest absolute Gasteiger partial charge is 0.447 e. The summed E-state index contributed by atoms with van der Waals surface area (Å²) in [6.45, 7) is 4.16. The summed E-state index contributed by atoms with van der Waals surface area (Å²) in [5.41, 5.74) is 0.560. The SMILES string of the molecule is O=[N+]([O-])c1cc(CCCN2CCOCC2)ccc1Oc1ccc(F)cc1F. The zero-order valence-electron chi connectivity index (χ0n) is 14.7. The fourth-order valence-corrected chi connectivity index (χ4v) is 2.96. The lowest BCUT2D eigenvalue weighted by Gasteiger charge is -2.26. The summed E-state index contributed by atoms with van der Waals surface area (Å²) < 4.78 is 37.3. The van der Waals surface area contributed by atoms with Crippen molar-refractivity contribution in [1.29, 1.82) is 0 Å². The Morgan fingerprint density at radius 1 is 1.11 bits per heavy atom. The van der Waals surface area contributed by atoms with Crippen molar-refractivity contribution in [3.63, 3.8) is 0 Å². The predicted molar refractivity (Wildman–Crippen MR) is 95.1 cm³/mol. The van der Waals surface area contributed by atoms with E-state index in [4.69, 9.17) is 9.47 Å². The van der Waals surface area contributed by atoms with Crippen LogP contribution in [0.25, 0.3) is 0 Å². The topological polar surface area (TPSA) is 64.8 Å². The van der Waals surface area contributed by atoms with Crippen molar-refractivity contribution < 1.29 is 23.2 Å². The van der Waals surface area contributed by atoms with E-state index >= 15 is 0 Å². The minimum absolute atomic E-state index is 0.0811. The van der Waals surface area contributed by atoms with Gasteiger partial charge in [-0.05, 0) is 43.1 Å². The number of rotatable bonds is 7. The monoisotopic (exact) mass is 378 g/mol. The van der Waals surface area contributed by atoms with Crippen molar-refractivity contribution in [2.24, 2.45) is 0 Å². The summed E-state index contributed by atoms with van der Waals surface area (Å²) in [7, 11) is 0. The highest BCUT2D eigenvalue weighted by atomic mass is 19.1. The molecule has 0 radical (unpaired) electrons. The molecule has 0 N–H and O–H groups in total. The molecule has 2 aromatic carbocycles. The maximum atomic E-state index is 13.7. The van der Waals surface area contributed by atoms with E-state index in [1.54, 1.807) is 6.07 Å². The molecule has 1 heterocycles. The second kappa shape index (κ2) is 8.88. The van der Waals surface area contributed by atoms with Gasteiger partial charge in [-0.2, -0.15) is 0 Å². The maximum absolute atomic E-state index is 13.7. The Hall–Kier alpha value is -2.58. The van der Waals surface area contributed by atoms with Crippen LogP contribution in [0.15, 0.2) is 36.4 Å². The van der Waals surface area contributed by atoms with Crippen LogP contribution in [0.2, 0.25) is 0 Å². The molecule has 0 atom stereocenters. The third-order valence-electron chi connectivity index (χ3n) is 4.38. The Kier molecular flexibility index (Phi) is 6.31. The Morgan fingerprint density at radius 3 is 2.56 bits per heavy atom. The van der Waals surface area contributed by atoms with Gasteiger partial charge in [0.2, 0.25) is 5.75 Å². The van der Waals surface area contributed by atoms with E-state index in [1.807, 2.05) is 0 Å². The van der Waals surface area contributed by atoms with Crippen LogP contribution in [0.3, 0.4) is 0 Å². The smallest absolute Gasteiger partial charge is 0.311 e. The lowest BCUT2D eigenvalue weighted by Crippen LogP contribution is -2.36. The van der Waals surface area contributed by atoms with E-state index in [0.717, 1.165) is 57.0 Å². The van der Waals surface area contributed by atoms with Gasteiger partial charge in [0.05, 0.1) is 18.1 Å². The second-order valence-electron chi connectivity index (χ2n) is 6.29. The van der Waals surface area contributed by atoms with Gasteiger partial charge in [-0.3, -0.25) is 15.0 Å². The summed E-state index contributed by atoms with van der Waals surface area (Å²) in [5.74, 6) is -2.01. The normalized spacial score (nSPS) is 14.9. The maximum Gasteiger partial charge on any atom is 0.311 e. The lowest BCUT2D eigenvalue weighted by atomic mass is 10.1. The van der Waals surface area contributed by atoms with Gasteiger partial charge >= 0.3 is 5.69 Å². The number of nitro benzene ring substituents is 1. The molecular weight excluding hydrogens is 358 g/mol. The first kappa shape index (κ1) is 19.2. The summed E-state index contributed by atoms with van der Waals surface area (Å²) in [6.07, 6.45) is 1.55. The minimum atomic E-state index is -0.918. The summed E-state index contributed by atoms with van der Waals surface area (Å²) in [6, 6.07) is 7.42. The van der Waals surface area contributed by atoms with Gasteiger partial charge in [0.15, 0.2) is 11.6 Å². The van der Waals surface area contributed by atoms with Crippen LogP contribution in [0.1, 0.15) is 12.0 Å². The van der Waals surface area contributed by atoms with Crippen LogP contribution >= 0.6 is 0 Å². The highest BCUT2D eigenvalue weighted by molar-refractivity contribution is 5.50. The molecule has 0 amide bonds. The van der Waals surface area contributed by atoms with E-state index < -0.39 is 16.6 Å². The first-order valence-corrected chi connectivity index (χ1v) is 8.73. The van der Waals surface area contributed by atoms with Gasteiger partial charge in [0.1, 0.15) is 5.82 Å². The van der Waals surface area contributed by atoms with Crippen molar-refractivity contribution in [1.82, 2.24) is 4.90 Å². The number of morpholine rings is 1. The fraction of sp³-hybridized carbons (Fsp3) is 0.368. The quantitative estimate of drug-likeness (QED) is 0.540. The van der Waals surface area contributed by atoms with E-state index in [2.05, 4.69) is 4.90 Å².